The third-order valence-corrected chi connectivity index (χ3v) is 5.79. The van der Waals surface area contributed by atoms with E-state index in [4.69, 9.17) is 9.88 Å². The van der Waals surface area contributed by atoms with Crippen LogP contribution in [0.2, 0.25) is 0 Å². The first kappa shape index (κ1) is 14.2. The van der Waals surface area contributed by atoms with Gasteiger partial charge in [0.25, 0.3) is 10.2 Å². The summed E-state index contributed by atoms with van der Waals surface area (Å²) in [6, 6.07) is 0.0179. The van der Waals surface area contributed by atoms with Gasteiger partial charge in [-0.15, -0.1) is 0 Å². The Labute approximate surface area is 110 Å². The summed E-state index contributed by atoms with van der Waals surface area (Å²) in [4.78, 5) is 0. The van der Waals surface area contributed by atoms with Crippen LogP contribution in [0.3, 0.4) is 0 Å². The molecule has 18 heavy (non-hydrogen) atoms. The van der Waals surface area contributed by atoms with Gasteiger partial charge in [-0.25, -0.2) is 5.14 Å². The number of hydrogen-bond donors (Lipinski definition) is 1. The van der Waals surface area contributed by atoms with E-state index in [1.807, 2.05) is 6.92 Å². The lowest BCUT2D eigenvalue weighted by atomic mass is 9.55. The first-order valence-corrected chi connectivity index (χ1v) is 8.29. The molecule has 2 rings (SSSR count). The van der Waals surface area contributed by atoms with Crippen LogP contribution in [-0.2, 0) is 14.9 Å². The zero-order valence-electron chi connectivity index (χ0n) is 11.3. The zero-order chi connectivity index (χ0) is 13.4. The van der Waals surface area contributed by atoms with Gasteiger partial charge in [0.2, 0.25) is 0 Å². The SMILES string of the molecule is CCO[C@@H]1C[C@H](N(C)S(N)(=O)=O)C12CCCCC2. The lowest BCUT2D eigenvalue weighted by Crippen LogP contribution is -2.66. The van der Waals surface area contributed by atoms with Crippen LogP contribution in [0.1, 0.15) is 45.4 Å². The monoisotopic (exact) mass is 276 g/mol. The van der Waals surface area contributed by atoms with Crippen molar-refractivity contribution in [2.75, 3.05) is 13.7 Å². The molecular weight excluding hydrogens is 252 g/mol. The van der Waals surface area contributed by atoms with Crippen molar-refractivity contribution >= 4 is 10.2 Å². The molecule has 0 aliphatic heterocycles. The molecule has 0 amide bonds. The summed E-state index contributed by atoms with van der Waals surface area (Å²) < 4.78 is 30.2. The van der Waals surface area contributed by atoms with Crippen LogP contribution < -0.4 is 5.14 Å². The first-order chi connectivity index (χ1) is 8.42. The second kappa shape index (κ2) is 5.07. The Balaban J connectivity index is 2.17. The van der Waals surface area contributed by atoms with Crippen molar-refractivity contribution in [2.24, 2.45) is 10.6 Å². The van der Waals surface area contributed by atoms with E-state index in [9.17, 15) is 8.42 Å². The Morgan fingerprint density at radius 2 is 1.94 bits per heavy atom. The summed E-state index contributed by atoms with van der Waals surface area (Å²) in [5.41, 5.74) is 0.00938. The molecule has 0 radical (unpaired) electrons. The second-order valence-corrected chi connectivity index (χ2v) is 7.16. The van der Waals surface area contributed by atoms with Gasteiger partial charge in [-0.2, -0.15) is 12.7 Å². The molecule has 2 saturated carbocycles. The summed E-state index contributed by atoms with van der Waals surface area (Å²) in [6.07, 6.45) is 6.67. The normalized spacial score (nSPS) is 31.6. The third-order valence-electron chi connectivity index (χ3n) is 4.73. The minimum absolute atomic E-state index is 0.00938. The van der Waals surface area contributed by atoms with E-state index in [-0.39, 0.29) is 17.6 Å². The van der Waals surface area contributed by atoms with E-state index < -0.39 is 10.2 Å². The van der Waals surface area contributed by atoms with Crippen molar-refractivity contribution in [3.63, 3.8) is 0 Å². The van der Waals surface area contributed by atoms with Gasteiger partial charge in [0.1, 0.15) is 0 Å². The maximum Gasteiger partial charge on any atom is 0.276 e. The largest absolute Gasteiger partial charge is 0.378 e. The number of ether oxygens (including phenoxy) is 1. The molecule has 0 saturated heterocycles. The van der Waals surface area contributed by atoms with Gasteiger partial charge >= 0.3 is 0 Å². The standard InChI is InChI=1S/C12H24N2O3S/c1-3-17-11-9-10(14(2)18(13,15)16)12(11)7-5-4-6-8-12/h10-11H,3-9H2,1-2H3,(H2,13,15,16)/t10-,11+/m0/s1. The van der Waals surface area contributed by atoms with Crippen molar-refractivity contribution < 1.29 is 13.2 Å². The van der Waals surface area contributed by atoms with E-state index in [1.54, 1.807) is 7.05 Å². The Morgan fingerprint density at radius 3 is 2.44 bits per heavy atom. The number of nitrogens with two attached hydrogens (primary N) is 1. The first-order valence-electron chi connectivity index (χ1n) is 6.79. The van der Waals surface area contributed by atoms with Crippen LogP contribution in [-0.4, -0.2) is 38.5 Å². The lowest BCUT2D eigenvalue weighted by Gasteiger charge is -2.59. The van der Waals surface area contributed by atoms with Gasteiger partial charge in [0.15, 0.2) is 0 Å². The molecule has 0 aromatic rings. The van der Waals surface area contributed by atoms with Crippen molar-refractivity contribution in [3.05, 3.63) is 0 Å². The molecule has 106 valence electrons. The molecule has 0 heterocycles. The maximum absolute atomic E-state index is 11.5. The molecular formula is C12H24N2O3S. The molecule has 6 heteroatoms. The summed E-state index contributed by atoms with van der Waals surface area (Å²) >= 11 is 0. The average molecular weight is 276 g/mol. The number of nitrogens with zero attached hydrogens (tertiary/aromatic N) is 1. The van der Waals surface area contributed by atoms with Crippen LogP contribution in [0.15, 0.2) is 0 Å². The van der Waals surface area contributed by atoms with Gasteiger partial charge in [-0.05, 0) is 26.2 Å². The average Bonchev–Trinajstić information content (AvgIpc) is 2.33. The summed E-state index contributed by atoms with van der Waals surface area (Å²) in [5, 5.41) is 5.26. The zero-order valence-corrected chi connectivity index (χ0v) is 12.1. The molecule has 2 fully saturated rings. The fourth-order valence-corrected chi connectivity index (χ4v) is 4.37. The highest BCUT2D eigenvalue weighted by atomic mass is 32.2. The quantitative estimate of drug-likeness (QED) is 0.840. The van der Waals surface area contributed by atoms with Crippen molar-refractivity contribution in [1.82, 2.24) is 4.31 Å². The molecule has 2 aliphatic carbocycles. The second-order valence-electron chi connectivity index (χ2n) is 5.55. The molecule has 0 aromatic heterocycles. The van der Waals surface area contributed by atoms with Gasteiger partial charge in [-0.3, -0.25) is 0 Å². The molecule has 0 bridgehead atoms. The summed E-state index contributed by atoms with van der Waals surface area (Å²) in [5.74, 6) is 0. The highest BCUT2D eigenvalue weighted by Crippen LogP contribution is 2.55. The topological polar surface area (TPSA) is 72.6 Å². The fourth-order valence-electron chi connectivity index (χ4n) is 3.71. The molecule has 2 N–H and O–H groups in total. The number of hydrogen-bond acceptors (Lipinski definition) is 3. The van der Waals surface area contributed by atoms with E-state index in [1.165, 1.54) is 23.6 Å². The van der Waals surface area contributed by atoms with Crippen LogP contribution in [0.4, 0.5) is 0 Å². The molecule has 0 unspecified atom stereocenters. The molecule has 2 atom stereocenters. The Hall–Kier alpha value is -0.170. The highest BCUT2D eigenvalue weighted by molar-refractivity contribution is 7.86. The van der Waals surface area contributed by atoms with Crippen molar-refractivity contribution in [2.45, 2.75) is 57.6 Å². The highest BCUT2D eigenvalue weighted by Gasteiger charge is 2.58. The summed E-state index contributed by atoms with van der Waals surface area (Å²) in [6.45, 7) is 2.69. The smallest absolute Gasteiger partial charge is 0.276 e. The van der Waals surface area contributed by atoms with Gasteiger partial charge in [0, 0.05) is 25.1 Å². The van der Waals surface area contributed by atoms with Crippen molar-refractivity contribution in [1.29, 1.82) is 0 Å². The Kier molecular flexibility index (Phi) is 4.02. The van der Waals surface area contributed by atoms with Crippen LogP contribution in [0, 0.1) is 5.41 Å². The van der Waals surface area contributed by atoms with E-state index in [0.29, 0.717) is 6.61 Å². The van der Waals surface area contributed by atoms with Crippen LogP contribution >= 0.6 is 0 Å². The molecule has 2 aliphatic rings. The van der Waals surface area contributed by atoms with Crippen LogP contribution in [0.25, 0.3) is 0 Å². The minimum atomic E-state index is -3.60. The third kappa shape index (κ3) is 2.31. The van der Waals surface area contributed by atoms with Gasteiger partial charge < -0.3 is 4.74 Å². The van der Waals surface area contributed by atoms with Crippen molar-refractivity contribution in [3.8, 4) is 0 Å². The molecule has 5 nitrogen and oxygen atoms in total. The van der Waals surface area contributed by atoms with E-state index >= 15 is 0 Å². The van der Waals surface area contributed by atoms with Gasteiger partial charge in [-0.1, -0.05) is 19.3 Å². The summed E-state index contributed by atoms with van der Waals surface area (Å²) in [7, 11) is -2.00. The van der Waals surface area contributed by atoms with E-state index in [0.717, 1.165) is 19.3 Å². The Bertz CT molecular complexity index is 390. The predicted molar refractivity (Wildman–Crippen MR) is 70.2 cm³/mol. The lowest BCUT2D eigenvalue weighted by molar-refractivity contribution is -0.164. The number of rotatable bonds is 4. The Morgan fingerprint density at radius 1 is 1.33 bits per heavy atom. The van der Waals surface area contributed by atoms with Gasteiger partial charge in [0.05, 0.1) is 6.10 Å². The fraction of sp³-hybridized carbons (Fsp3) is 1.00. The predicted octanol–water partition coefficient (Wildman–Crippen LogP) is 1.25. The molecule has 1 spiro atoms. The minimum Gasteiger partial charge on any atom is -0.378 e. The van der Waals surface area contributed by atoms with E-state index in [2.05, 4.69) is 0 Å². The molecule has 0 aromatic carbocycles. The van der Waals surface area contributed by atoms with Crippen LogP contribution in [0.5, 0.6) is 0 Å². The maximum atomic E-state index is 11.5.